The zero-order valence-electron chi connectivity index (χ0n) is 27.6. The van der Waals surface area contributed by atoms with E-state index in [2.05, 4.69) is 175 Å². The van der Waals surface area contributed by atoms with Crippen LogP contribution in [-0.2, 0) is 0 Å². The Labute approximate surface area is 294 Å². The second-order valence-electron chi connectivity index (χ2n) is 12.8. The monoisotopic (exact) mass is 650 g/mol. The fourth-order valence-electron chi connectivity index (χ4n) is 7.56. The number of para-hydroxylation sites is 2. The van der Waals surface area contributed by atoms with Gasteiger partial charge >= 0.3 is 0 Å². The Morgan fingerprint density at radius 3 is 1.82 bits per heavy atom. The topological polar surface area (TPSA) is 41.9 Å². The van der Waals surface area contributed by atoms with Crippen LogP contribution in [-0.4, -0.2) is 15.0 Å². The Hall–Kier alpha value is -6.91. The Kier molecular flexibility index (Phi) is 6.78. The van der Waals surface area contributed by atoms with Crippen molar-refractivity contribution in [2.45, 2.75) is 0 Å². The SMILES string of the molecule is c1ccc(-c2nc3cccc(-c4ccc5ccc6cccnc6c5n4)c3c3c2cc(N(c2ccccc2)c2ccccc2)c2ccccc23)cc1. The summed E-state index contributed by atoms with van der Waals surface area (Å²) in [4.78, 5) is 17.9. The average Bonchev–Trinajstić information content (AvgIpc) is 3.21. The lowest BCUT2D eigenvalue weighted by molar-refractivity contribution is 1.30. The van der Waals surface area contributed by atoms with Gasteiger partial charge in [-0.05, 0) is 53.9 Å². The standard InChI is InChI=1S/C47H30N4/c1-4-14-31(15-5-1)45-39-30-42(51(34-17-6-2-7-18-34)35-19-8-3-9-20-35)36-21-10-11-22-37(36)43(39)44-38(23-12-24-41(44)50-45)40-28-27-33-26-25-32-16-13-29-48-46(32)47(33)49-40/h1-30H. The minimum atomic E-state index is 0.894. The molecule has 0 bridgehead atoms. The van der Waals surface area contributed by atoms with Crippen molar-refractivity contribution in [2.24, 2.45) is 0 Å². The molecular formula is C47H30N4. The molecule has 0 spiro atoms. The minimum Gasteiger partial charge on any atom is -0.310 e. The smallest absolute Gasteiger partial charge is 0.0972 e. The molecule has 0 amide bonds. The van der Waals surface area contributed by atoms with Crippen LogP contribution in [0.25, 0.3) is 76.8 Å². The van der Waals surface area contributed by atoms with Crippen LogP contribution < -0.4 is 4.90 Å². The summed E-state index contributed by atoms with van der Waals surface area (Å²) in [7, 11) is 0. The van der Waals surface area contributed by atoms with Crippen LogP contribution in [0, 0.1) is 0 Å². The lowest BCUT2D eigenvalue weighted by Crippen LogP contribution is -2.10. The molecular weight excluding hydrogens is 621 g/mol. The molecule has 10 rings (SSSR count). The number of fused-ring (bicyclic) bond motifs is 8. The van der Waals surface area contributed by atoms with Crippen molar-refractivity contribution in [1.29, 1.82) is 0 Å². The van der Waals surface area contributed by atoms with Crippen LogP contribution in [0.4, 0.5) is 17.1 Å². The summed E-state index contributed by atoms with van der Waals surface area (Å²) < 4.78 is 0. The van der Waals surface area contributed by atoms with E-state index in [9.17, 15) is 0 Å². The van der Waals surface area contributed by atoms with Gasteiger partial charge in [-0.15, -0.1) is 0 Å². The number of nitrogens with zero attached hydrogens (tertiary/aromatic N) is 4. The molecule has 0 unspecified atom stereocenters. The van der Waals surface area contributed by atoms with Crippen molar-refractivity contribution < 1.29 is 0 Å². The summed E-state index contributed by atoms with van der Waals surface area (Å²) in [5.74, 6) is 0. The normalized spacial score (nSPS) is 11.5. The summed E-state index contributed by atoms with van der Waals surface area (Å²) in [6.07, 6.45) is 1.84. The van der Waals surface area contributed by atoms with Crippen molar-refractivity contribution in [1.82, 2.24) is 15.0 Å². The lowest BCUT2D eigenvalue weighted by atomic mass is 9.91. The van der Waals surface area contributed by atoms with Crippen molar-refractivity contribution >= 4 is 71.3 Å². The first-order chi connectivity index (χ1) is 25.3. The summed E-state index contributed by atoms with van der Waals surface area (Å²) in [5.41, 5.74) is 9.96. The number of benzene rings is 7. The molecule has 3 aromatic heterocycles. The summed E-state index contributed by atoms with van der Waals surface area (Å²) in [6.45, 7) is 0. The van der Waals surface area contributed by atoms with E-state index in [-0.39, 0.29) is 0 Å². The summed E-state index contributed by atoms with van der Waals surface area (Å²) >= 11 is 0. The van der Waals surface area contributed by atoms with Gasteiger partial charge in [0.1, 0.15) is 0 Å². The van der Waals surface area contributed by atoms with E-state index in [1.54, 1.807) is 0 Å². The van der Waals surface area contributed by atoms with E-state index in [1.165, 1.54) is 0 Å². The van der Waals surface area contributed by atoms with Crippen molar-refractivity contribution in [3.8, 4) is 22.5 Å². The summed E-state index contributed by atoms with van der Waals surface area (Å²) in [5, 5.41) is 7.78. The number of rotatable bonds is 5. The maximum atomic E-state index is 5.47. The minimum absolute atomic E-state index is 0.894. The molecule has 0 saturated carbocycles. The predicted octanol–water partition coefficient (Wildman–Crippen LogP) is 12.4. The predicted molar refractivity (Wildman–Crippen MR) is 213 cm³/mol. The quantitative estimate of drug-likeness (QED) is 0.174. The van der Waals surface area contributed by atoms with Crippen LogP contribution in [0.3, 0.4) is 0 Å². The molecule has 0 radical (unpaired) electrons. The van der Waals surface area contributed by atoms with E-state index in [4.69, 9.17) is 15.0 Å². The number of hydrogen-bond acceptors (Lipinski definition) is 4. The number of aromatic nitrogens is 3. The Balaban J connectivity index is 1.35. The molecule has 4 heteroatoms. The first-order valence-corrected chi connectivity index (χ1v) is 17.2. The zero-order chi connectivity index (χ0) is 33.7. The highest BCUT2D eigenvalue weighted by molar-refractivity contribution is 6.28. The largest absolute Gasteiger partial charge is 0.310 e. The molecule has 0 atom stereocenters. The van der Waals surface area contributed by atoms with Crippen molar-refractivity contribution in [3.05, 3.63) is 182 Å². The third-order valence-corrected chi connectivity index (χ3v) is 9.83. The molecule has 0 N–H and O–H groups in total. The highest BCUT2D eigenvalue weighted by Crippen LogP contribution is 2.47. The maximum Gasteiger partial charge on any atom is 0.0972 e. The molecule has 4 nitrogen and oxygen atoms in total. The molecule has 238 valence electrons. The molecule has 51 heavy (non-hydrogen) atoms. The Bertz CT molecular complexity index is 2870. The molecule has 3 heterocycles. The first-order valence-electron chi connectivity index (χ1n) is 17.2. The van der Waals surface area contributed by atoms with Gasteiger partial charge in [0.05, 0.1) is 33.6 Å². The number of hydrogen-bond donors (Lipinski definition) is 0. The molecule has 7 aromatic carbocycles. The van der Waals surface area contributed by atoms with E-state index in [0.29, 0.717) is 0 Å². The van der Waals surface area contributed by atoms with Gasteiger partial charge in [-0.1, -0.05) is 127 Å². The van der Waals surface area contributed by atoms with Gasteiger partial charge in [0.25, 0.3) is 0 Å². The summed E-state index contributed by atoms with van der Waals surface area (Å²) in [6, 6.07) is 61.9. The second-order valence-corrected chi connectivity index (χ2v) is 12.8. The molecule has 0 aliphatic heterocycles. The van der Waals surface area contributed by atoms with Crippen LogP contribution in [0.1, 0.15) is 0 Å². The molecule has 0 saturated heterocycles. The van der Waals surface area contributed by atoms with E-state index in [0.717, 1.165) is 93.8 Å². The van der Waals surface area contributed by atoms with Crippen LogP contribution >= 0.6 is 0 Å². The van der Waals surface area contributed by atoms with Gasteiger partial charge in [-0.3, -0.25) is 4.98 Å². The Morgan fingerprint density at radius 2 is 1.08 bits per heavy atom. The van der Waals surface area contributed by atoms with E-state index < -0.39 is 0 Å². The average molecular weight is 651 g/mol. The zero-order valence-corrected chi connectivity index (χ0v) is 27.6. The maximum absolute atomic E-state index is 5.47. The van der Waals surface area contributed by atoms with E-state index >= 15 is 0 Å². The van der Waals surface area contributed by atoms with Crippen LogP contribution in [0.15, 0.2) is 182 Å². The van der Waals surface area contributed by atoms with Crippen molar-refractivity contribution in [3.63, 3.8) is 0 Å². The van der Waals surface area contributed by atoms with Crippen molar-refractivity contribution in [2.75, 3.05) is 4.90 Å². The fourth-order valence-corrected chi connectivity index (χ4v) is 7.56. The van der Waals surface area contributed by atoms with Gasteiger partial charge < -0.3 is 4.90 Å². The lowest BCUT2D eigenvalue weighted by Gasteiger charge is -2.28. The van der Waals surface area contributed by atoms with E-state index in [1.807, 2.05) is 12.3 Å². The van der Waals surface area contributed by atoms with Gasteiger partial charge in [-0.25, -0.2) is 9.97 Å². The fraction of sp³-hybridized carbons (Fsp3) is 0. The number of anilines is 3. The third kappa shape index (κ3) is 4.80. The third-order valence-electron chi connectivity index (χ3n) is 9.83. The van der Waals surface area contributed by atoms with Gasteiger partial charge in [-0.2, -0.15) is 0 Å². The first kappa shape index (κ1) is 29.0. The van der Waals surface area contributed by atoms with Gasteiger partial charge in [0, 0.05) is 61.0 Å². The highest BCUT2D eigenvalue weighted by Gasteiger charge is 2.22. The van der Waals surface area contributed by atoms with Gasteiger partial charge in [0.15, 0.2) is 0 Å². The van der Waals surface area contributed by atoms with Crippen LogP contribution in [0.2, 0.25) is 0 Å². The van der Waals surface area contributed by atoms with Crippen LogP contribution in [0.5, 0.6) is 0 Å². The van der Waals surface area contributed by atoms with Gasteiger partial charge in [0.2, 0.25) is 0 Å². The molecule has 0 aliphatic rings. The number of pyridine rings is 3. The molecule has 0 aliphatic carbocycles. The highest BCUT2D eigenvalue weighted by atomic mass is 15.1. The second kappa shape index (κ2) is 11.9. The molecule has 10 aromatic rings. The Morgan fingerprint density at radius 1 is 0.431 bits per heavy atom. The molecule has 0 fully saturated rings.